The Bertz CT molecular complexity index is 852. The Morgan fingerprint density at radius 2 is 1.97 bits per heavy atom. The third-order valence-corrected chi connectivity index (χ3v) is 5.85. The lowest BCUT2D eigenvalue weighted by Crippen LogP contribution is -2.23. The summed E-state index contributed by atoms with van der Waals surface area (Å²) in [6.07, 6.45) is 10.8. The van der Waals surface area contributed by atoms with Crippen LogP contribution in [0.1, 0.15) is 38.5 Å². The number of aromatic nitrogens is 3. The number of rotatable bonds is 6. The van der Waals surface area contributed by atoms with E-state index in [1.807, 2.05) is 0 Å². The molecule has 1 aliphatic heterocycles. The predicted octanol–water partition coefficient (Wildman–Crippen LogP) is 4.13. The van der Waals surface area contributed by atoms with Gasteiger partial charge in [0, 0.05) is 31.4 Å². The summed E-state index contributed by atoms with van der Waals surface area (Å²) < 4.78 is 10.9. The maximum atomic E-state index is 12.3. The van der Waals surface area contributed by atoms with E-state index in [4.69, 9.17) is 21.1 Å². The molecule has 1 saturated heterocycles. The summed E-state index contributed by atoms with van der Waals surface area (Å²) >= 11 is 6.34. The van der Waals surface area contributed by atoms with Crippen LogP contribution in [0, 0.1) is 11.8 Å². The number of hydrogen-bond acceptors (Lipinski definition) is 7. The molecular weight excluding hydrogens is 392 g/mol. The Morgan fingerprint density at radius 1 is 1.17 bits per heavy atom. The third-order valence-electron chi connectivity index (χ3n) is 5.55. The first-order chi connectivity index (χ1) is 14.2. The van der Waals surface area contributed by atoms with Gasteiger partial charge in [-0.1, -0.05) is 24.4 Å². The van der Waals surface area contributed by atoms with Crippen LogP contribution in [0.3, 0.4) is 0 Å². The van der Waals surface area contributed by atoms with Crippen molar-refractivity contribution < 1.29 is 14.3 Å². The molecule has 2 fully saturated rings. The molecule has 2 aromatic heterocycles. The molecule has 3 heterocycles. The molecule has 8 heteroatoms. The number of carbonyl (C=O) groups is 1. The van der Waals surface area contributed by atoms with Crippen molar-refractivity contribution in [3.05, 3.63) is 29.7 Å². The van der Waals surface area contributed by atoms with E-state index >= 15 is 0 Å². The van der Waals surface area contributed by atoms with Gasteiger partial charge in [-0.3, -0.25) is 9.78 Å². The largest absolute Gasteiger partial charge is 0.407 e. The van der Waals surface area contributed by atoms with Crippen LogP contribution in [0.2, 0.25) is 5.02 Å². The quantitative estimate of drug-likeness (QED) is 0.708. The Morgan fingerprint density at radius 3 is 2.76 bits per heavy atom. The highest BCUT2D eigenvalue weighted by atomic mass is 35.5. The molecule has 29 heavy (non-hydrogen) atoms. The second-order valence-corrected chi connectivity index (χ2v) is 8.04. The van der Waals surface area contributed by atoms with Crippen molar-refractivity contribution in [3.63, 3.8) is 0 Å². The molecule has 1 N–H and O–H groups in total. The van der Waals surface area contributed by atoms with Crippen LogP contribution in [0.5, 0.6) is 5.88 Å². The van der Waals surface area contributed by atoms with Crippen LogP contribution >= 0.6 is 11.6 Å². The highest BCUT2D eigenvalue weighted by Gasteiger charge is 2.25. The maximum absolute atomic E-state index is 12.3. The summed E-state index contributed by atoms with van der Waals surface area (Å²) in [4.78, 5) is 25.4. The number of halogens is 1. The summed E-state index contributed by atoms with van der Waals surface area (Å²) in [6, 6.07) is 1.65. The lowest BCUT2D eigenvalue weighted by Gasteiger charge is -2.22. The molecule has 2 aliphatic rings. The summed E-state index contributed by atoms with van der Waals surface area (Å²) in [6.45, 7) is 2.45. The van der Waals surface area contributed by atoms with Crippen molar-refractivity contribution in [3.8, 4) is 17.1 Å². The molecule has 0 amide bonds. The van der Waals surface area contributed by atoms with Gasteiger partial charge in [-0.15, -0.1) is 0 Å². The molecule has 0 spiro atoms. The van der Waals surface area contributed by atoms with Crippen LogP contribution in [-0.2, 0) is 9.53 Å². The Kier molecular flexibility index (Phi) is 6.56. The molecule has 0 unspecified atom stereocenters. The predicted molar refractivity (Wildman–Crippen MR) is 110 cm³/mol. The highest BCUT2D eigenvalue weighted by molar-refractivity contribution is 6.33. The summed E-state index contributed by atoms with van der Waals surface area (Å²) in [5, 5.41) is 3.79. The van der Waals surface area contributed by atoms with E-state index in [1.165, 1.54) is 6.20 Å². The molecule has 0 radical (unpaired) electrons. The average molecular weight is 417 g/mol. The Balaban J connectivity index is 1.46. The molecule has 0 bridgehead atoms. The fourth-order valence-electron chi connectivity index (χ4n) is 3.80. The minimum atomic E-state index is -0.221. The topological polar surface area (TPSA) is 86.2 Å². The Labute approximate surface area is 175 Å². The third kappa shape index (κ3) is 5.22. The molecule has 7 nitrogen and oxygen atoms in total. The Hall–Kier alpha value is -2.25. The zero-order valence-corrected chi connectivity index (χ0v) is 17.0. The first-order valence-corrected chi connectivity index (χ1v) is 10.6. The molecule has 0 atom stereocenters. The monoisotopic (exact) mass is 416 g/mol. The van der Waals surface area contributed by atoms with Crippen molar-refractivity contribution in [2.45, 2.75) is 38.5 Å². The second-order valence-electron chi connectivity index (χ2n) is 7.63. The van der Waals surface area contributed by atoms with Gasteiger partial charge in [0.05, 0.1) is 35.2 Å². The van der Waals surface area contributed by atoms with Crippen molar-refractivity contribution in [1.29, 1.82) is 0 Å². The first-order valence-electron chi connectivity index (χ1n) is 10.2. The highest BCUT2D eigenvalue weighted by Crippen LogP contribution is 2.31. The van der Waals surface area contributed by atoms with Gasteiger partial charge in [-0.05, 0) is 31.6 Å². The number of ether oxygens (including phenoxy) is 2. The van der Waals surface area contributed by atoms with Crippen LogP contribution in [0.15, 0.2) is 24.7 Å². The normalized spacial score (nSPS) is 18.0. The zero-order chi connectivity index (χ0) is 20.1. The lowest BCUT2D eigenvalue weighted by atomic mass is 10.0. The van der Waals surface area contributed by atoms with E-state index < -0.39 is 0 Å². The lowest BCUT2D eigenvalue weighted by molar-refractivity contribution is -0.138. The van der Waals surface area contributed by atoms with Gasteiger partial charge in [-0.25, -0.2) is 9.97 Å². The van der Waals surface area contributed by atoms with Gasteiger partial charge < -0.3 is 14.8 Å². The SMILES string of the molecule is O=C(Oc1cc(-c2cncc(NCC3CCOCC3)n2)c(Cl)cn1)C1CCCC1. The van der Waals surface area contributed by atoms with Gasteiger partial charge in [0.1, 0.15) is 5.82 Å². The van der Waals surface area contributed by atoms with E-state index in [0.717, 1.165) is 58.3 Å². The van der Waals surface area contributed by atoms with Crippen molar-refractivity contribution in [1.82, 2.24) is 15.0 Å². The standard InChI is InChI=1S/C21H25ClN4O3/c22-17-11-25-20(29-21(27)15-3-1-2-4-15)9-16(17)18-12-23-13-19(26-18)24-10-14-5-7-28-8-6-14/h9,11-15H,1-8,10H2,(H,24,26). The fraction of sp³-hybridized carbons (Fsp3) is 0.524. The first kappa shape index (κ1) is 20.0. The maximum Gasteiger partial charge on any atom is 0.315 e. The van der Waals surface area contributed by atoms with E-state index in [0.29, 0.717) is 28.0 Å². The van der Waals surface area contributed by atoms with Crippen molar-refractivity contribution in [2.24, 2.45) is 11.8 Å². The van der Waals surface area contributed by atoms with Crippen LogP contribution in [0.4, 0.5) is 5.82 Å². The summed E-state index contributed by atoms with van der Waals surface area (Å²) in [7, 11) is 0. The number of nitrogens with one attached hydrogen (secondary N) is 1. The number of esters is 1. The minimum Gasteiger partial charge on any atom is -0.407 e. The average Bonchev–Trinajstić information content (AvgIpc) is 3.30. The van der Waals surface area contributed by atoms with E-state index in [1.54, 1.807) is 18.5 Å². The van der Waals surface area contributed by atoms with Crippen molar-refractivity contribution in [2.75, 3.05) is 25.1 Å². The molecule has 2 aromatic rings. The summed E-state index contributed by atoms with van der Waals surface area (Å²) in [5.41, 5.74) is 1.24. The molecule has 4 rings (SSSR count). The van der Waals surface area contributed by atoms with Crippen LogP contribution in [-0.4, -0.2) is 40.7 Å². The molecule has 1 aliphatic carbocycles. The van der Waals surface area contributed by atoms with E-state index in [9.17, 15) is 4.79 Å². The van der Waals surface area contributed by atoms with Crippen molar-refractivity contribution >= 4 is 23.4 Å². The zero-order valence-electron chi connectivity index (χ0n) is 16.3. The minimum absolute atomic E-state index is 0.0339. The number of anilines is 1. The van der Waals surface area contributed by atoms with Gasteiger partial charge in [-0.2, -0.15) is 0 Å². The number of hydrogen-bond donors (Lipinski definition) is 1. The van der Waals surface area contributed by atoms with E-state index in [2.05, 4.69) is 20.3 Å². The van der Waals surface area contributed by atoms with Crippen LogP contribution < -0.4 is 10.1 Å². The fourth-order valence-corrected chi connectivity index (χ4v) is 4.00. The van der Waals surface area contributed by atoms with Gasteiger partial charge in [0.25, 0.3) is 0 Å². The van der Waals surface area contributed by atoms with Gasteiger partial charge >= 0.3 is 5.97 Å². The molecule has 1 saturated carbocycles. The number of nitrogens with zero attached hydrogens (tertiary/aromatic N) is 3. The van der Waals surface area contributed by atoms with E-state index in [-0.39, 0.29) is 17.8 Å². The van der Waals surface area contributed by atoms with Gasteiger partial charge in [0.2, 0.25) is 5.88 Å². The molecular formula is C21H25ClN4O3. The second kappa shape index (κ2) is 9.50. The van der Waals surface area contributed by atoms with Gasteiger partial charge in [0.15, 0.2) is 0 Å². The summed E-state index contributed by atoms with van der Waals surface area (Å²) in [5.74, 6) is 1.24. The number of carbonyl (C=O) groups excluding carboxylic acids is 1. The smallest absolute Gasteiger partial charge is 0.315 e. The molecule has 0 aromatic carbocycles. The number of pyridine rings is 1. The molecule has 154 valence electrons. The van der Waals surface area contributed by atoms with Crippen LogP contribution in [0.25, 0.3) is 11.3 Å².